The molecule has 0 atom stereocenters. The van der Waals surface area contributed by atoms with Gasteiger partial charge >= 0.3 is 0 Å². The van der Waals surface area contributed by atoms with Gasteiger partial charge in [0.25, 0.3) is 0 Å². The molecule has 0 aromatic carbocycles. The largest absolute Gasteiger partial charge is 0.320 e. The molecule has 0 aliphatic carbocycles. The third-order valence-corrected chi connectivity index (χ3v) is 2.25. The summed E-state index contributed by atoms with van der Waals surface area (Å²) in [5.74, 6) is 0.741. The lowest BCUT2D eigenvalue weighted by atomic mass is 10.2. The summed E-state index contributed by atoms with van der Waals surface area (Å²) >= 11 is 0. The van der Waals surface area contributed by atoms with Crippen molar-refractivity contribution in [2.75, 3.05) is 0 Å². The fraction of sp³-hybridized carbons (Fsp3) is 0.286. The van der Waals surface area contributed by atoms with E-state index in [9.17, 15) is 0 Å². The first-order valence-electron chi connectivity index (χ1n) is 6.18. The Bertz CT molecular complexity index is 613. The summed E-state index contributed by atoms with van der Waals surface area (Å²) in [6, 6.07) is 1.86. The van der Waals surface area contributed by atoms with Crippen molar-refractivity contribution in [1.29, 1.82) is 0 Å². The van der Waals surface area contributed by atoms with Crippen molar-refractivity contribution >= 4 is 0 Å². The maximum atomic E-state index is 4.34. The average molecular weight is 257 g/mol. The van der Waals surface area contributed by atoms with Crippen LogP contribution in [0.2, 0.25) is 0 Å². The van der Waals surface area contributed by atoms with E-state index >= 15 is 0 Å². The molecule has 5 nitrogen and oxygen atoms in total. The second-order valence-electron chi connectivity index (χ2n) is 3.55. The van der Waals surface area contributed by atoms with Crippen molar-refractivity contribution in [1.82, 2.24) is 19.5 Å². The van der Waals surface area contributed by atoms with E-state index in [1.165, 1.54) is 6.20 Å². The van der Waals surface area contributed by atoms with Gasteiger partial charge in [-0.05, 0) is 13.0 Å². The summed E-state index contributed by atoms with van der Waals surface area (Å²) in [4.78, 5) is 16.7. The first kappa shape index (κ1) is 14.8. The van der Waals surface area contributed by atoms with Crippen LogP contribution >= 0.6 is 0 Å². The van der Waals surface area contributed by atoms with Crippen LogP contribution in [-0.2, 0) is 7.05 Å². The molecule has 5 heteroatoms. The minimum Gasteiger partial charge on any atom is -0.320 e. The van der Waals surface area contributed by atoms with Crippen LogP contribution in [-0.4, -0.2) is 19.5 Å². The van der Waals surface area contributed by atoms with Crippen LogP contribution in [0.3, 0.4) is 0 Å². The third-order valence-electron chi connectivity index (χ3n) is 2.25. The minimum absolute atomic E-state index is 0.606. The fourth-order valence-corrected chi connectivity index (χ4v) is 1.47. The standard InChI is InChI=1S/C12H13N5.C2H6/c1-4-13-12-15-7-10(8-17(12)3)11-5-6-14-9(2)16-11;1-2/h4-8H,1H2,2-3H3;1-2H3. The SMILES string of the molecule is C=CN=c1ncc(-c2ccnc(C)n2)cn1C.CC. The number of hydrogen-bond donors (Lipinski definition) is 0. The molecule has 2 heterocycles. The fourth-order valence-electron chi connectivity index (χ4n) is 1.47. The lowest BCUT2D eigenvalue weighted by molar-refractivity contribution is 0.782. The van der Waals surface area contributed by atoms with E-state index in [0.29, 0.717) is 5.62 Å². The van der Waals surface area contributed by atoms with Gasteiger partial charge in [-0.25, -0.2) is 19.9 Å². The highest BCUT2D eigenvalue weighted by molar-refractivity contribution is 5.55. The molecule has 0 saturated carbocycles. The first-order valence-corrected chi connectivity index (χ1v) is 6.18. The van der Waals surface area contributed by atoms with E-state index in [0.717, 1.165) is 17.1 Å². The topological polar surface area (TPSA) is 56.0 Å². The molecule has 2 rings (SSSR count). The van der Waals surface area contributed by atoms with Crippen molar-refractivity contribution in [2.24, 2.45) is 12.0 Å². The van der Waals surface area contributed by atoms with E-state index < -0.39 is 0 Å². The number of nitrogens with zero attached hydrogens (tertiary/aromatic N) is 5. The van der Waals surface area contributed by atoms with Gasteiger partial charge in [-0.1, -0.05) is 20.4 Å². The molecule has 2 aromatic rings. The van der Waals surface area contributed by atoms with Crippen LogP contribution in [0.5, 0.6) is 0 Å². The van der Waals surface area contributed by atoms with Crippen LogP contribution in [0.15, 0.2) is 42.4 Å². The molecule has 0 fully saturated rings. The number of rotatable bonds is 2. The molecule has 0 aliphatic rings. The molecule has 0 bridgehead atoms. The van der Waals surface area contributed by atoms with Crippen molar-refractivity contribution < 1.29 is 0 Å². The highest BCUT2D eigenvalue weighted by Crippen LogP contribution is 2.12. The summed E-state index contributed by atoms with van der Waals surface area (Å²) < 4.78 is 1.83. The Balaban J connectivity index is 0.000000861. The van der Waals surface area contributed by atoms with Crippen LogP contribution < -0.4 is 5.62 Å². The highest BCUT2D eigenvalue weighted by atomic mass is 15.1. The van der Waals surface area contributed by atoms with E-state index in [1.807, 2.05) is 44.6 Å². The van der Waals surface area contributed by atoms with Gasteiger partial charge < -0.3 is 4.57 Å². The van der Waals surface area contributed by atoms with E-state index in [1.54, 1.807) is 12.4 Å². The molecular weight excluding hydrogens is 238 g/mol. The Kier molecular flexibility index (Phi) is 5.60. The summed E-state index contributed by atoms with van der Waals surface area (Å²) in [5, 5.41) is 0. The minimum atomic E-state index is 0.606. The van der Waals surface area contributed by atoms with Gasteiger partial charge in [0.2, 0.25) is 5.62 Å². The summed E-state index contributed by atoms with van der Waals surface area (Å²) in [5.41, 5.74) is 2.39. The van der Waals surface area contributed by atoms with Crippen molar-refractivity contribution in [3.8, 4) is 11.3 Å². The molecule has 0 unspecified atom stereocenters. The molecule has 0 aliphatic heterocycles. The molecule has 0 N–H and O–H groups in total. The highest BCUT2D eigenvalue weighted by Gasteiger charge is 2.01. The Morgan fingerprint density at radius 2 is 2.05 bits per heavy atom. The second kappa shape index (κ2) is 7.20. The van der Waals surface area contributed by atoms with Gasteiger partial charge in [-0.2, -0.15) is 0 Å². The average Bonchev–Trinajstić information content (AvgIpc) is 2.43. The van der Waals surface area contributed by atoms with Crippen molar-refractivity contribution in [3.05, 3.63) is 48.9 Å². The van der Waals surface area contributed by atoms with E-state index in [4.69, 9.17) is 0 Å². The Labute approximate surface area is 113 Å². The van der Waals surface area contributed by atoms with Crippen molar-refractivity contribution in [2.45, 2.75) is 20.8 Å². The Hall–Kier alpha value is -2.30. The van der Waals surface area contributed by atoms with Gasteiger partial charge in [0.05, 0.1) is 5.69 Å². The van der Waals surface area contributed by atoms with Gasteiger partial charge in [-0.3, -0.25) is 0 Å². The molecule has 2 aromatic heterocycles. The smallest absolute Gasteiger partial charge is 0.229 e. The quantitative estimate of drug-likeness (QED) is 0.829. The van der Waals surface area contributed by atoms with Gasteiger partial charge in [0, 0.05) is 37.4 Å². The Morgan fingerprint density at radius 3 is 2.63 bits per heavy atom. The molecule has 100 valence electrons. The van der Waals surface area contributed by atoms with E-state index in [2.05, 4.69) is 26.5 Å². The molecular formula is C14H19N5. The molecule has 0 radical (unpaired) electrons. The van der Waals surface area contributed by atoms with Crippen LogP contribution in [0.25, 0.3) is 11.3 Å². The Morgan fingerprint density at radius 1 is 1.32 bits per heavy atom. The summed E-state index contributed by atoms with van der Waals surface area (Å²) in [6.45, 7) is 9.41. The molecule has 0 amide bonds. The predicted molar refractivity (Wildman–Crippen MR) is 76.1 cm³/mol. The number of aryl methyl sites for hydroxylation is 2. The van der Waals surface area contributed by atoms with Crippen LogP contribution in [0.1, 0.15) is 19.7 Å². The first-order chi connectivity index (χ1) is 9.20. The zero-order valence-electron chi connectivity index (χ0n) is 11.8. The van der Waals surface area contributed by atoms with Crippen LogP contribution in [0.4, 0.5) is 0 Å². The van der Waals surface area contributed by atoms with Gasteiger partial charge in [-0.15, -0.1) is 0 Å². The summed E-state index contributed by atoms with van der Waals surface area (Å²) in [7, 11) is 1.88. The zero-order valence-corrected chi connectivity index (χ0v) is 11.8. The monoisotopic (exact) mass is 257 g/mol. The maximum absolute atomic E-state index is 4.34. The molecule has 19 heavy (non-hydrogen) atoms. The third kappa shape index (κ3) is 3.84. The lowest BCUT2D eigenvalue weighted by Gasteiger charge is -2.04. The molecule has 0 saturated heterocycles. The van der Waals surface area contributed by atoms with E-state index in [-0.39, 0.29) is 0 Å². The number of hydrogen-bond acceptors (Lipinski definition) is 4. The van der Waals surface area contributed by atoms with Crippen molar-refractivity contribution in [3.63, 3.8) is 0 Å². The number of aromatic nitrogens is 4. The lowest BCUT2D eigenvalue weighted by Crippen LogP contribution is -2.20. The van der Waals surface area contributed by atoms with Crippen LogP contribution in [0, 0.1) is 6.92 Å². The molecule has 0 spiro atoms. The van der Waals surface area contributed by atoms with Gasteiger partial charge in [0.1, 0.15) is 5.82 Å². The van der Waals surface area contributed by atoms with Gasteiger partial charge in [0.15, 0.2) is 0 Å². The zero-order chi connectivity index (χ0) is 14.3. The summed E-state index contributed by atoms with van der Waals surface area (Å²) in [6.07, 6.45) is 6.87. The predicted octanol–water partition coefficient (Wildman–Crippen LogP) is 2.26. The normalized spacial score (nSPS) is 10.6. The maximum Gasteiger partial charge on any atom is 0.229 e. The second-order valence-corrected chi connectivity index (χ2v) is 3.55.